The first-order chi connectivity index (χ1) is 13.1. The largest absolute Gasteiger partial charge is 0.497 e. The monoisotopic (exact) mass is 389 g/mol. The number of nitrogens with zero attached hydrogens (tertiary/aromatic N) is 1. The number of amides is 1. The molecule has 1 saturated heterocycles. The van der Waals surface area contributed by atoms with Crippen LogP contribution in [0.2, 0.25) is 0 Å². The molecule has 0 aliphatic carbocycles. The SMILES string of the molecule is COc1ccc(CN(CCC2(CCC(C)C)CCOC(C)(C)C2)C(C)=O)cc1. The summed E-state index contributed by atoms with van der Waals surface area (Å²) in [4.78, 5) is 14.3. The summed E-state index contributed by atoms with van der Waals surface area (Å²) in [6, 6.07) is 8.00. The van der Waals surface area contributed by atoms with Crippen molar-refractivity contribution in [3.63, 3.8) is 0 Å². The van der Waals surface area contributed by atoms with E-state index in [-0.39, 0.29) is 16.9 Å². The molecule has 1 aliphatic rings. The van der Waals surface area contributed by atoms with Crippen LogP contribution in [0.4, 0.5) is 0 Å². The molecule has 1 fully saturated rings. The third-order valence-corrected chi connectivity index (χ3v) is 6.07. The number of hydrogen-bond donors (Lipinski definition) is 0. The van der Waals surface area contributed by atoms with E-state index in [2.05, 4.69) is 27.7 Å². The van der Waals surface area contributed by atoms with E-state index < -0.39 is 0 Å². The van der Waals surface area contributed by atoms with E-state index in [1.807, 2.05) is 29.2 Å². The van der Waals surface area contributed by atoms with Crippen LogP contribution in [0.25, 0.3) is 0 Å². The van der Waals surface area contributed by atoms with Crippen LogP contribution in [0.1, 0.15) is 72.3 Å². The van der Waals surface area contributed by atoms with Gasteiger partial charge in [0.05, 0.1) is 12.7 Å². The molecule has 1 aromatic carbocycles. The van der Waals surface area contributed by atoms with E-state index in [4.69, 9.17) is 9.47 Å². The van der Waals surface area contributed by atoms with Crippen LogP contribution in [0.3, 0.4) is 0 Å². The van der Waals surface area contributed by atoms with Crippen molar-refractivity contribution in [1.82, 2.24) is 4.90 Å². The van der Waals surface area contributed by atoms with Crippen molar-refractivity contribution in [2.24, 2.45) is 11.3 Å². The maximum absolute atomic E-state index is 12.3. The highest BCUT2D eigenvalue weighted by Crippen LogP contribution is 2.45. The highest BCUT2D eigenvalue weighted by Gasteiger charge is 2.40. The molecule has 2 rings (SSSR count). The highest BCUT2D eigenvalue weighted by atomic mass is 16.5. The molecule has 0 saturated carbocycles. The molecule has 0 aromatic heterocycles. The lowest BCUT2D eigenvalue weighted by Gasteiger charge is -2.46. The van der Waals surface area contributed by atoms with E-state index in [0.29, 0.717) is 12.5 Å². The average Bonchev–Trinajstić information content (AvgIpc) is 2.63. The molecule has 28 heavy (non-hydrogen) atoms. The molecule has 1 heterocycles. The van der Waals surface area contributed by atoms with Gasteiger partial charge in [-0.05, 0) is 68.6 Å². The molecule has 4 heteroatoms. The van der Waals surface area contributed by atoms with Gasteiger partial charge in [0.1, 0.15) is 5.75 Å². The van der Waals surface area contributed by atoms with Gasteiger partial charge >= 0.3 is 0 Å². The Hall–Kier alpha value is -1.55. The molecule has 0 bridgehead atoms. The first-order valence-corrected chi connectivity index (χ1v) is 10.7. The van der Waals surface area contributed by atoms with Gasteiger partial charge in [-0.25, -0.2) is 0 Å². The van der Waals surface area contributed by atoms with E-state index in [1.54, 1.807) is 14.0 Å². The summed E-state index contributed by atoms with van der Waals surface area (Å²) in [5.41, 5.74) is 1.32. The van der Waals surface area contributed by atoms with E-state index in [9.17, 15) is 4.79 Å². The normalized spacial score (nSPS) is 21.5. The van der Waals surface area contributed by atoms with Gasteiger partial charge in [-0.15, -0.1) is 0 Å². The first-order valence-electron chi connectivity index (χ1n) is 10.7. The van der Waals surface area contributed by atoms with Crippen LogP contribution < -0.4 is 4.74 Å². The summed E-state index contributed by atoms with van der Waals surface area (Å²) in [6.07, 6.45) is 5.65. The van der Waals surface area contributed by atoms with Gasteiger partial charge in [0.15, 0.2) is 0 Å². The fraction of sp³-hybridized carbons (Fsp3) is 0.708. The van der Waals surface area contributed by atoms with Gasteiger partial charge in [0, 0.05) is 26.6 Å². The first kappa shape index (κ1) is 22.7. The average molecular weight is 390 g/mol. The van der Waals surface area contributed by atoms with Crippen molar-refractivity contribution in [2.45, 2.75) is 78.9 Å². The van der Waals surface area contributed by atoms with Crippen molar-refractivity contribution in [3.8, 4) is 5.75 Å². The number of carbonyl (C=O) groups is 1. The van der Waals surface area contributed by atoms with Gasteiger partial charge in [0.2, 0.25) is 5.91 Å². The molecule has 1 aromatic rings. The molecular weight excluding hydrogens is 350 g/mol. The Labute approximate surface area is 171 Å². The van der Waals surface area contributed by atoms with Crippen molar-refractivity contribution < 1.29 is 14.3 Å². The molecule has 1 unspecified atom stereocenters. The van der Waals surface area contributed by atoms with E-state index >= 15 is 0 Å². The van der Waals surface area contributed by atoms with Crippen LogP contribution in [0, 0.1) is 11.3 Å². The molecule has 158 valence electrons. The molecule has 0 radical (unpaired) electrons. The quantitative estimate of drug-likeness (QED) is 0.564. The fourth-order valence-corrected chi connectivity index (χ4v) is 4.40. The lowest BCUT2D eigenvalue weighted by Crippen LogP contribution is -2.43. The Morgan fingerprint density at radius 2 is 1.89 bits per heavy atom. The smallest absolute Gasteiger partial charge is 0.219 e. The highest BCUT2D eigenvalue weighted by molar-refractivity contribution is 5.73. The number of benzene rings is 1. The molecular formula is C24H39NO3. The maximum Gasteiger partial charge on any atom is 0.219 e. The number of ether oxygens (including phenoxy) is 2. The number of hydrogen-bond acceptors (Lipinski definition) is 3. The third kappa shape index (κ3) is 6.80. The second kappa shape index (κ2) is 9.78. The molecule has 1 amide bonds. The number of rotatable bonds is 9. The Morgan fingerprint density at radius 1 is 1.21 bits per heavy atom. The van der Waals surface area contributed by atoms with Gasteiger partial charge < -0.3 is 14.4 Å². The van der Waals surface area contributed by atoms with Crippen LogP contribution >= 0.6 is 0 Å². The lowest BCUT2D eigenvalue weighted by molar-refractivity contribution is -0.132. The predicted molar refractivity (Wildman–Crippen MR) is 114 cm³/mol. The second-order valence-electron chi connectivity index (χ2n) is 9.51. The topological polar surface area (TPSA) is 38.8 Å². The maximum atomic E-state index is 12.3. The second-order valence-corrected chi connectivity index (χ2v) is 9.51. The summed E-state index contributed by atoms with van der Waals surface area (Å²) in [6.45, 7) is 13.0. The number of carbonyl (C=O) groups excluding carboxylic acids is 1. The predicted octanol–water partition coefficient (Wildman–Crippen LogP) is 5.45. The Morgan fingerprint density at radius 3 is 2.43 bits per heavy atom. The zero-order valence-electron chi connectivity index (χ0n) is 18.7. The Kier molecular flexibility index (Phi) is 7.94. The van der Waals surface area contributed by atoms with Gasteiger partial charge in [0.25, 0.3) is 0 Å². The molecule has 1 aliphatic heterocycles. The summed E-state index contributed by atoms with van der Waals surface area (Å²) in [5, 5.41) is 0. The molecule has 4 nitrogen and oxygen atoms in total. The summed E-state index contributed by atoms with van der Waals surface area (Å²) in [7, 11) is 1.67. The minimum absolute atomic E-state index is 0.0771. The standard InChI is InChI=1S/C24H39NO3/c1-19(2)11-12-24(14-16-28-23(4,5)18-24)13-15-25(20(3)26)17-21-7-9-22(27-6)10-8-21/h7-10,19H,11-18H2,1-6H3. The minimum atomic E-state index is -0.0771. The lowest BCUT2D eigenvalue weighted by atomic mass is 9.68. The molecule has 1 atom stereocenters. The fourth-order valence-electron chi connectivity index (χ4n) is 4.40. The van der Waals surface area contributed by atoms with Crippen LogP contribution in [-0.4, -0.2) is 36.7 Å². The molecule has 0 spiro atoms. The van der Waals surface area contributed by atoms with Crippen molar-refractivity contribution >= 4 is 5.91 Å². The van der Waals surface area contributed by atoms with Crippen molar-refractivity contribution in [3.05, 3.63) is 29.8 Å². The van der Waals surface area contributed by atoms with Crippen LogP contribution in [-0.2, 0) is 16.1 Å². The van der Waals surface area contributed by atoms with Gasteiger partial charge in [-0.1, -0.05) is 32.4 Å². The van der Waals surface area contributed by atoms with Gasteiger partial charge in [-0.3, -0.25) is 4.79 Å². The van der Waals surface area contributed by atoms with E-state index in [0.717, 1.165) is 43.7 Å². The van der Waals surface area contributed by atoms with E-state index in [1.165, 1.54) is 12.8 Å². The summed E-state index contributed by atoms with van der Waals surface area (Å²) >= 11 is 0. The third-order valence-electron chi connectivity index (χ3n) is 6.07. The van der Waals surface area contributed by atoms with Crippen molar-refractivity contribution in [2.75, 3.05) is 20.3 Å². The summed E-state index contributed by atoms with van der Waals surface area (Å²) < 4.78 is 11.2. The molecule has 0 N–H and O–H groups in total. The number of methoxy groups -OCH3 is 1. The van der Waals surface area contributed by atoms with Crippen LogP contribution in [0.5, 0.6) is 5.75 Å². The Balaban J connectivity index is 2.07. The zero-order valence-corrected chi connectivity index (χ0v) is 18.7. The zero-order chi connectivity index (χ0) is 20.8. The minimum Gasteiger partial charge on any atom is -0.497 e. The Bertz CT molecular complexity index is 623. The van der Waals surface area contributed by atoms with Gasteiger partial charge in [-0.2, -0.15) is 0 Å². The van der Waals surface area contributed by atoms with Crippen molar-refractivity contribution in [1.29, 1.82) is 0 Å². The van der Waals surface area contributed by atoms with Crippen LogP contribution in [0.15, 0.2) is 24.3 Å². The summed E-state index contributed by atoms with van der Waals surface area (Å²) in [5.74, 6) is 1.68.